The molecule has 2 heterocycles. The van der Waals surface area contributed by atoms with Crippen molar-refractivity contribution < 1.29 is 0 Å². The number of anilines is 1. The van der Waals surface area contributed by atoms with Gasteiger partial charge < -0.3 is 5.32 Å². The summed E-state index contributed by atoms with van der Waals surface area (Å²) in [7, 11) is 0. The molecule has 3 aromatic rings. The molecule has 2 aromatic heterocycles. The fourth-order valence-corrected chi connectivity index (χ4v) is 2.52. The Morgan fingerprint density at radius 3 is 2.79 bits per heavy atom. The van der Waals surface area contributed by atoms with Crippen LogP contribution in [0.5, 0.6) is 0 Å². The minimum absolute atomic E-state index is 0.685. The lowest BCUT2D eigenvalue weighted by molar-refractivity contribution is 0.798. The number of nitrogens with one attached hydrogen (secondary N) is 1. The van der Waals surface area contributed by atoms with E-state index < -0.39 is 0 Å². The molecule has 0 fully saturated rings. The van der Waals surface area contributed by atoms with Gasteiger partial charge in [-0.25, -0.2) is 4.68 Å². The first-order valence-electron chi connectivity index (χ1n) is 6.07. The van der Waals surface area contributed by atoms with E-state index in [1.165, 1.54) is 10.6 Å². The van der Waals surface area contributed by atoms with Crippen LogP contribution in [0.4, 0.5) is 5.69 Å². The van der Waals surface area contributed by atoms with E-state index in [1.54, 1.807) is 16.0 Å². The molecule has 0 saturated heterocycles. The summed E-state index contributed by atoms with van der Waals surface area (Å²) in [6.07, 6.45) is 1.95. The third-order valence-corrected chi connectivity index (χ3v) is 3.73. The summed E-state index contributed by atoms with van der Waals surface area (Å²) in [5.74, 6) is 0. The van der Waals surface area contributed by atoms with Crippen molar-refractivity contribution in [3.63, 3.8) is 0 Å². The van der Waals surface area contributed by atoms with Crippen LogP contribution in [-0.2, 0) is 6.54 Å². The molecule has 0 saturated carbocycles. The first-order chi connectivity index (χ1) is 9.33. The van der Waals surface area contributed by atoms with Crippen LogP contribution < -0.4 is 5.32 Å². The molecule has 0 aliphatic heterocycles. The van der Waals surface area contributed by atoms with Gasteiger partial charge in [0.2, 0.25) is 0 Å². The summed E-state index contributed by atoms with van der Waals surface area (Å²) in [4.78, 5) is 1.29. The van der Waals surface area contributed by atoms with Gasteiger partial charge in [-0.1, -0.05) is 23.4 Å². The molecule has 19 heavy (non-hydrogen) atoms. The molecule has 0 unspecified atom stereocenters. The topological polar surface area (TPSA) is 42.7 Å². The molecule has 0 aliphatic rings. The standard InChI is InChI=1S/C14H14N4S/c1-11-14(7-8-19-11)15-9-12-10-18(17-16-12)13-5-3-2-4-6-13/h2-8,10,15H,9H2,1H3. The lowest BCUT2D eigenvalue weighted by atomic mass is 10.3. The summed E-state index contributed by atoms with van der Waals surface area (Å²) < 4.78 is 1.79. The van der Waals surface area contributed by atoms with Gasteiger partial charge in [-0.05, 0) is 30.5 Å². The van der Waals surface area contributed by atoms with Crippen molar-refractivity contribution in [1.29, 1.82) is 0 Å². The van der Waals surface area contributed by atoms with E-state index in [0.717, 1.165) is 11.4 Å². The molecule has 4 nitrogen and oxygen atoms in total. The van der Waals surface area contributed by atoms with Crippen molar-refractivity contribution in [1.82, 2.24) is 15.0 Å². The number of hydrogen-bond acceptors (Lipinski definition) is 4. The summed E-state index contributed by atoms with van der Waals surface area (Å²) in [6.45, 7) is 2.79. The van der Waals surface area contributed by atoms with Crippen LogP contribution in [0.15, 0.2) is 48.0 Å². The quantitative estimate of drug-likeness (QED) is 0.791. The van der Waals surface area contributed by atoms with Crippen LogP contribution in [0.2, 0.25) is 0 Å². The normalized spacial score (nSPS) is 10.6. The molecular formula is C14H14N4S. The summed E-state index contributed by atoms with van der Waals surface area (Å²) in [5.41, 5.74) is 3.11. The predicted molar refractivity (Wildman–Crippen MR) is 77.7 cm³/mol. The number of aryl methyl sites for hydroxylation is 1. The van der Waals surface area contributed by atoms with Gasteiger partial charge in [0.1, 0.15) is 5.69 Å². The zero-order valence-electron chi connectivity index (χ0n) is 10.6. The lowest BCUT2D eigenvalue weighted by Gasteiger charge is -2.02. The molecule has 5 heteroatoms. The Morgan fingerprint density at radius 1 is 1.21 bits per heavy atom. The second kappa shape index (κ2) is 5.24. The second-order valence-electron chi connectivity index (χ2n) is 4.23. The molecule has 1 aromatic carbocycles. The SMILES string of the molecule is Cc1sccc1NCc1cn(-c2ccccc2)nn1. The predicted octanol–water partition coefficient (Wildman–Crippen LogP) is 3.25. The zero-order chi connectivity index (χ0) is 13.1. The Labute approximate surface area is 115 Å². The van der Waals surface area contributed by atoms with Crippen molar-refractivity contribution in [2.24, 2.45) is 0 Å². The fourth-order valence-electron chi connectivity index (χ4n) is 1.84. The lowest BCUT2D eigenvalue weighted by Crippen LogP contribution is -1.99. The average molecular weight is 270 g/mol. The number of rotatable bonds is 4. The van der Waals surface area contributed by atoms with Gasteiger partial charge in [0.05, 0.1) is 18.4 Å². The molecule has 1 N–H and O–H groups in total. The molecule has 0 radical (unpaired) electrons. The minimum atomic E-state index is 0.685. The molecule has 0 spiro atoms. The highest BCUT2D eigenvalue weighted by Crippen LogP contribution is 2.20. The summed E-state index contributed by atoms with van der Waals surface area (Å²) in [6, 6.07) is 12.1. The number of aromatic nitrogens is 3. The maximum Gasteiger partial charge on any atom is 0.102 e. The number of nitrogens with zero attached hydrogens (tertiary/aromatic N) is 3. The van der Waals surface area contributed by atoms with E-state index in [-0.39, 0.29) is 0 Å². The summed E-state index contributed by atoms with van der Waals surface area (Å²) >= 11 is 1.74. The van der Waals surface area contributed by atoms with E-state index in [1.807, 2.05) is 36.5 Å². The van der Waals surface area contributed by atoms with Crippen molar-refractivity contribution in [3.05, 3.63) is 58.5 Å². The number of hydrogen-bond donors (Lipinski definition) is 1. The van der Waals surface area contributed by atoms with Gasteiger partial charge in [-0.3, -0.25) is 0 Å². The Hall–Kier alpha value is -2.14. The highest BCUT2D eigenvalue weighted by molar-refractivity contribution is 7.10. The van der Waals surface area contributed by atoms with E-state index in [9.17, 15) is 0 Å². The Balaban J connectivity index is 1.70. The third kappa shape index (κ3) is 2.66. The largest absolute Gasteiger partial charge is 0.378 e. The number of thiophene rings is 1. The van der Waals surface area contributed by atoms with Gasteiger partial charge in [0.15, 0.2) is 0 Å². The molecular weight excluding hydrogens is 256 g/mol. The molecule has 96 valence electrons. The van der Waals surface area contributed by atoms with Crippen molar-refractivity contribution in [2.75, 3.05) is 5.32 Å². The van der Waals surface area contributed by atoms with Crippen LogP contribution in [0.3, 0.4) is 0 Å². The minimum Gasteiger partial charge on any atom is -0.378 e. The van der Waals surface area contributed by atoms with Gasteiger partial charge in [-0.15, -0.1) is 16.4 Å². The van der Waals surface area contributed by atoms with Crippen molar-refractivity contribution >= 4 is 17.0 Å². The van der Waals surface area contributed by atoms with E-state index in [2.05, 4.69) is 34.0 Å². The van der Waals surface area contributed by atoms with Gasteiger partial charge >= 0.3 is 0 Å². The molecule has 0 bridgehead atoms. The van der Waals surface area contributed by atoms with Crippen LogP contribution >= 0.6 is 11.3 Å². The molecule has 3 rings (SSSR count). The fraction of sp³-hybridized carbons (Fsp3) is 0.143. The Morgan fingerprint density at radius 2 is 2.05 bits per heavy atom. The maximum atomic E-state index is 4.18. The van der Waals surface area contributed by atoms with E-state index in [4.69, 9.17) is 0 Å². The molecule has 0 amide bonds. The zero-order valence-corrected chi connectivity index (χ0v) is 11.4. The second-order valence-corrected chi connectivity index (χ2v) is 5.35. The molecule has 0 aliphatic carbocycles. The molecule has 0 atom stereocenters. The average Bonchev–Trinajstić information content (AvgIpc) is 3.06. The number of benzene rings is 1. The first kappa shape index (κ1) is 11.9. The smallest absolute Gasteiger partial charge is 0.102 e. The van der Waals surface area contributed by atoms with Crippen molar-refractivity contribution in [2.45, 2.75) is 13.5 Å². The highest BCUT2D eigenvalue weighted by atomic mass is 32.1. The van der Waals surface area contributed by atoms with Gasteiger partial charge in [0, 0.05) is 10.6 Å². The summed E-state index contributed by atoms with van der Waals surface area (Å²) in [5, 5.41) is 13.8. The van der Waals surface area contributed by atoms with Crippen molar-refractivity contribution in [3.8, 4) is 5.69 Å². The Kier molecular flexibility index (Phi) is 3.29. The highest BCUT2D eigenvalue weighted by Gasteiger charge is 2.03. The van der Waals surface area contributed by atoms with Crippen LogP contribution in [0.25, 0.3) is 5.69 Å². The van der Waals surface area contributed by atoms with Gasteiger partial charge in [-0.2, -0.15) is 0 Å². The first-order valence-corrected chi connectivity index (χ1v) is 6.95. The third-order valence-electron chi connectivity index (χ3n) is 2.88. The van der Waals surface area contributed by atoms with Crippen LogP contribution in [-0.4, -0.2) is 15.0 Å². The van der Waals surface area contributed by atoms with Crippen LogP contribution in [0, 0.1) is 6.92 Å². The monoisotopic (exact) mass is 270 g/mol. The maximum absolute atomic E-state index is 4.18. The van der Waals surface area contributed by atoms with E-state index in [0.29, 0.717) is 6.54 Å². The van der Waals surface area contributed by atoms with Gasteiger partial charge in [0.25, 0.3) is 0 Å². The van der Waals surface area contributed by atoms with E-state index >= 15 is 0 Å². The Bertz CT molecular complexity index is 657. The number of para-hydroxylation sites is 1. The van der Waals surface area contributed by atoms with Crippen LogP contribution in [0.1, 0.15) is 10.6 Å².